The van der Waals surface area contributed by atoms with E-state index in [1.165, 1.54) is 12.8 Å². The van der Waals surface area contributed by atoms with Gasteiger partial charge in [-0.2, -0.15) is 0 Å². The van der Waals surface area contributed by atoms with E-state index in [4.69, 9.17) is 9.47 Å². The summed E-state index contributed by atoms with van der Waals surface area (Å²) in [5, 5.41) is 10.5. The van der Waals surface area contributed by atoms with Crippen molar-refractivity contribution >= 4 is 0 Å². The molecule has 0 aromatic rings. The van der Waals surface area contributed by atoms with Crippen LogP contribution in [-0.4, -0.2) is 36.6 Å². The first-order chi connectivity index (χ1) is 8.14. The lowest BCUT2D eigenvalue weighted by molar-refractivity contribution is -0.163. The first-order valence-electron chi connectivity index (χ1n) is 7.03. The van der Waals surface area contributed by atoms with Crippen LogP contribution in [0.3, 0.4) is 0 Å². The minimum Gasteiger partial charge on any atom is -0.392 e. The molecular formula is C14H24O3. The highest BCUT2D eigenvalue weighted by atomic mass is 16.5. The fraction of sp³-hybridized carbons (Fsp3) is 1.00. The molecule has 3 heteroatoms. The topological polar surface area (TPSA) is 38.7 Å². The summed E-state index contributed by atoms with van der Waals surface area (Å²) >= 11 is 0. The Morgan fingerprint density at radius 1 is 1.12 bits per heavy atom. The molecule has 0 aromatic carbocycles. The van der Waals surface area contributed by atoms with Gasteiger partial charge in [-0.1, -0.05) is 6.92 Å². The summed E-state index contributed by atoms with van der Waals surface area (Å²) < 4.78 is 11.5. The molecule has 2 heterocycles. The second-order valence-corrected chi connectivity index (χ2v) is 6.50. The lowest BCUT2D eigenvalue weighted by Gasteiger charge is -2.45. The van der Waals surface area contributed by atoms with Crippen molar-refractivity contribution in [3.8, 4) is 0 Å². The molecule has 3 nitrogen and oxygen atoms in total. The van der Waals surface area contributed by atoms with E-state index in [0.29, 0.717) is 5.92 Å². The standard InChI is InChI=1S/C14H24O3/c1-13(3-4-13)12(15)11-2-7-17-14(10-11)5-8-16-9-6-14/h11-12,15H,2-10H2,1H3. The van der Waals surface area contributed by atoms with Crippen LogP contribution in [0.1, 0.15) is 45.4 Å². The Labute approximate surface area is 103 Å². The Balaban J connectivity index is 1.66. The molecule has 2 saturated heterocycles. The summed E-state index contributed by atoms with van der Waals surface area (Å²) in [5.41, 5.74) is 0.238. The van der Waals surface area contributed by atoms with E-state index in [9.17, 15) is 5.11 Å². The summed E-state index contributed by atoms with van der Waals surface area (Å²) in [7, 11) is 0. The number of ether oxygens (including phenoxy) is 2. The van der Waals surface area contributed by atoms with Crippen molar-refractivity contribution < 1.29 is 14.6 Å². The summed E-state index contributed by atoms with van der Waals surface area (Å²) in [6.45, 7) is 4.68. The first-order valence-corrected chi connectivity index (χ1v) is 7.03. The fourth-order valence-corrected chi connectivity index (χ4v) is 3.49. The van der Waals surface area contributed by atoms with Gasteiger partial charge in [-0.05, 0) is 49.9 Å². The smallest absolute Gasteiger partial charge is 0.0730 e. The maximum absolute atomic E-state index is 10.5. The Bertz CT molecular complexity index is 274. The maximum Gasteiger partial charge on any atom is 0.0730 e. The van der Waals surface area contributed by atoms with Gasteiger partial charge < -0.3 is 14.6 Å². The minimum absolute atomic E-state index is 0.0212. The van der Waals surface area contributed by atoms with E-state index < -0.39 is 0 Å². The normalized spacial score (nSPS) is 36.7. The zero-order valence-corrected chi connectivity index (χ0v) is 10.8. The van der Waals surface area contributed by atoms with Gasteiger partial charge >= 0.3 is 0 Å². The van der Waals surface area contributed by atoms with Crippen molar-refractivity contribution in [2.45, 2.75) is 57.2 Å². The van der Waals surface area contributed by atoms with E-state index in [0.717, 1.165) is 45.5 Å². The van der Waals surface area contributed by atoms with E-state index >= 15 is 0 Å². The predicted molar refractivity (Wildman–Crippen MR) is 64.8 cm³/mol. The van der Waals surface area contributed by atoms with E-state index in [-0.39, 0.29) is 17.1 Å². The van der Waals surface area contributed by atoms with Crippen LogP contribution < -0.4 is 0 Å². The highest BCUT2D eigenvalue weighted by Gasteiger charge is 2.50. The molecule has 2 atom stereocenters. The van der Waals surface area contributed by atoms with Gasteiger partial charge in [-0.15, -0.1) is 0 Å². The highest BCUT2D eigenvalue weighted by molar-refractivity contribution is 5.00. The van der Waals surface area contributed by atoms with Gasteiger partial charge in [0, 0.05) is 19.8 Å². The van der Waals surface area contributed by atoms with Gasteiger partial charge in [0.05, 0.1) is 11.7 Å². The van der Waals surface area contributed by atoms with Crippen molar-refractivity contribution in [2.75, 3.05) is 19.8 Å². The summed E-state index contributed by atoms with van der Waals surface area (Å²) in [6.07, 6.45) is 6.35. The number of hydrogen-bond acceptors (Lipinski definition) is 3. The van der Waals surface area contributed by atoms with Gasteiger partial charge in [0.25, 0.3) is 0 Å². The molecule has 0 aromatic heterocycles. The molecule has 2 aliphatic heterocycles. The van der Waals surface area contributed by atoms with Crippen LogP contribution in [-0.2, 0) is 9.47 Å². The molecule has 3 fully saturated rings. The van der Waals surface area contributed by atoms with Crippen molar-refractivity contribution in [1.82, 2.24) is 0 Å². The van der Waals surface area contributed by atoms with Gasteiger partial charge in [0.1, 0.15) is 0 Å². The van der Waals surface area contributed by atoms with Gasteiger partial charge in [0.15, 0.2) is 0 Å². The molecule has 1 aliphatic carbocycles. The van der Waals surface area contributed by atoms with E-state index in [1.807, 2.05) is 0 Å². The molecule has 17 heavy (non-hydrogen) atoms. The largest absolute Gasteiger partial charge is 0.392 e. The Morgan fingerprint density at radius 3 is 2.47 bits per heavy atom. The fourth-order valence-electron chi connectivity index (χ4n) is 3.49. The van der Waals surface area contributed by atoms with Crippen molar-refractivity contribution in [3.05, 3.63) is 0 Å². The van der Waals surface area contributed by atoms with Crippen molar-refractivity contribution in [1.29, 1.82) is 0 Å². The molecule has 0 amide bonds. The molecule has 1 N–H and O–H groups in total. The van der Waals surface area contributed by atoms with Crippen LogP contribution in [0.5, 0.6) is 0 Å². The minimum atomic E-state index is -0.119. The maximum atomic E-state index is 10.5. The van der Waals surface area contributed by atoms with Crippen molar-refractivity contribution in [3.63, 3.8) is 0 Å². The second-order valence-electron chi connectivity index (χ2n) is 6.50. The Kier molecular flexibility index (Phi) is 2.96. The quantitative estimate of drug-likeness (QED) is 0.803. The SMILES string of the molecule is CC1(C(O)C2CCOC3(CCOCC3)C2)CC1. The van der Waals surface area contributed by atoms with E-state index in [2.05, 4.69) is 6.92 Å². The van der Waals surface area contributed by atoms with Gasteiger partial charge in [0.2, 0.25) is 0 Å². The summed E-state index contributed by atoms with van der Waals surface area (Å²) in [5.74, 6) is 0.439. The molecule has 0 bridgehead atoms. The molecular weight excluding hydrogens is 216 g/mol. The molecule has 1 saturated carbocycles. The molecule has 2 unspecified atom stereocenters. The average molecular weight is 240 g/mol. The Hall–Kier alpha value is -0.120. The molecule has 3 rings (SSSR count). The van der Waals surface area contributed by atoms with Crippen LogP contribution in [0.2, 0.25) is 0 Å². The summed E-state index contributed by atoms with van der Waals surface area (Å²) in [4.78, 5) is 0. The average Bonchev–Trinajstić information content (AvgIpc) is 3.09. The number of aliphatic hydroxyl groups excluding tert-OH is 1. The number of hydrogen-bond donors (Lipinski definition) is 1. The van der Waals surface area contributed by atoms with Crippen LogP contribution in [0, 0.1) is 11.3 Å². The van der Waals surface area contributed by atoms with Crippen molar-refractivity contribution in [2.24, 2.45) is 11.3 Å². The predicted octanol–water partition coefficient (Wildman–Crippen LogP) is 2.12. The first kappa shape index (κ1) is 11.9. The van der Waals surface area contributed by atoms with Gasteiger partial charge in [-0.3, -0.25) is 0 Å². The van der Waals surface area contributed by atoms with Gasteiger partial charge in [-0.25, -0.2) is 0 Å². The van der Waals surface area contributed by atoms with Crippen LogP contribution >= 0.6 is 0 Å². The monoisotopic (exact) mass is 240 g/mol. The van der Waals surface area contributed by atoms with Crippen LogP contribution in [0.15, 0.2) is 0 Å². The molecule has 98 valence electrons. The third kappa shape index (κ3) is 2.25. The van der Waals surface area contributed by atoms with E-state index in [1.54, 1.807) is 0 Å². The Morgan fingerprint density at radius 2 is 1.82 bits per heavy atom. The molecule has 1 spiro atoms. The number of aliphatic hydroxyl groups is 1. The molecule has 3 aliphatic rings. The number of rotatable bonds is 2. The summed E-state index contributed by atoms with van der Waals surface area (Å²) in [6, 6.07) is 0. The zero-order chi connectivity index (χ0) is 11.9. The van der Waals surface area contributed by atoms with Crippen LogP contribution in [0.4, 0.5) is 0 Å². The van der Waals surface area contributed by atoms with Crippen LogP contribution in [0.25, 0.3) is 0 Å². The lowest BCUT2D eigenvalue weighted by Crippen LogP contribution is -2.47. The molecule has 0 radical (unpaired) electrons. The third-order valence-corrected chi connectivity index (χ3v) is 5.13. The highest BCUT2D eigenvalue weighted by Crippen LogP contribution is 2.53. The second kappa shape index (κ2) is 4.22. The zero-order valence-electron chi connectivity index (χ0n) is 10.8. The third-order valence-electron chi connectivity index (χ3n) is 5.13. The lowest BCUT2D eigenvalue weighted by atomic mass is 9.75.